The van der Waals surface area contributed by atoms with Crippen molar-refractivity contribution in [1.82, 2.24) is 14.8 Å². The maximum Gasteiger partial charge on any atom is 0.249 e. The summed E-state index contributed by atoms with van der Waals surface area (Å²) in [5, 5.41) is 9.72. The number of hydrogen-bond donors (Lipinski definition) is 1. The van der Waals surface area contributed by atoms with E-state index in [9.17, 15) is 9.18 Å². The fourth-order valence-electron chi connectivity index (χ4n) is 3.39. The van der Waals surface area contributed by atoms with E-state index in [1.165, 1.54) is 50.9 Å². The molecular formula is C25H23FN4O4S. The van der Waals surface area contributed by atoms with Crippen molar-refractivity contribution in [2.75, 3.05) is 26.6 Å². The molecule has 0 aliphatic carbocycles. The summed E-state index contributed by atoms with van der Waals surface area (Å²) in [6.45, 7) is 1.83. The zero-order valence-electron chi connectivity index (χ0n) is 19.5. The summed E-state index contributed by atoms with van der Waals surface area (Å²) in [6, 6.07) is 11.3. The van der Waals surface area contributed by atoms with Crippen LogP contribution in [0.5, 0.6) is 17.2 Å². The van der Waals surface area contributed by atoms with Crippen molar-refractivity contribution in [2.45, 2.75) is 6.92 Å². The number of amides is 1. The van der Waals surface area contributed by atoms with Gasteiger partial charge in [0.2, 0.25) is 16.8 Å². The van der Waals surface area contributed by atoms with Gasteiger partial charge in [0, 0.05) is 23.1 Å². The van der Waals surface area contributed by atoms with Gasteiger partial charge in [0.25, 0.3) is 0 Å². The number of nitrogens with zero attached hydrogens (tertiary/aromatic N) is 3. The summed E-state index contributed by atoms with van der Waals surface area (Å²) in [4.78, 5) is 17.3. The summed E-state index contributed by atoms with van der Waals surface area (Å²) in [7, 11) is 4.59. The van der Waals surface area contributed by atoms with Crippen molar-refractivity contribution >= 4 is 29.1 Å². The molecule has 35 heavy (non-hydrogen) atoms. The Hall–Kier alpha value is -4.18. The van der Waals surface area contributed by atoms with Crippen LogP contribution in [0.4, 0.5) is 10.2 Å². The number of methoxy groups -OCH3 is 3. The van der Waals surface area contributed by atoms with Crippen LogP contribution in [0.25, 0.3) is 22.5 Å². The Bertz CT molecular complexity index is 1350. The van der Waals surface area contributed by atoms with Gasteiger partial charge < -0.3 is 19.5 Å². The van der Waals surface area contributed by atoms with Gasteiger partial charge in [-0.05, 0) is 55.0 Å². The van der Waals surface area contributed by atoms with Crippen LogP contribution in [0.1, 0.15) is 11.3 Å². The molecule has 2 aromatic carbocycles. The van der Waals surface area contributed by atoms with E-state index >= 15 is 0 Å². The highest BCUT2D eigenvalue weighted by Crippen LogP contribution is 2.38. The van der Waals surface area contributed by atoms with Gasteiger partial charge in [0.1, 0.15) is 11.6 Å². The normalized spacial score (nSPS) is 11.0. The largest absolute Gasteiger partial charge is 0.493 e. The molecule has 0 spiro atoms. The molecule has 0 aliphatic heterocycles. The van der Waals surface area contributed by atoms with Gasteiger partial charge in [-0.3, -0.25) is 4.79 Å². The van der Waals surface area contributed by atoms with E-state index in [2.05, 4.69) is 15.4 Å². The Balaban J connectivity index is 1.54. The number of aromatic nitrogens is 3. The molecule has 180 valence electrons. The third kappa shape index (κ3) is 5.33. The minimum Gasteiger partial charge on any atom is -0.493 e. The smallest absolute Gasteiger partial charge is 0.249 e. The molecule has 0 saturated carbocycles. The molecule has 1 N–H and O–H groups in total. The molecular weight excluding hydrogens is 471 g/mol. The highest BCUT2D eigenvalue weighted by atomic mass is 32.1. The molecule has 0 aliphatic rings. The Morgan fingerprint density at radius 3 is 2.37 bits per heavy atom. The van der Waals surface area contributed by atoms with Crippen LogP contribution in [0.2, 0.25) is 0 Å². The molecule has 0 bridgehead atoms. The summed E-state index contributed by atoms with van der Waals surface area (Å²) >= 11 is 1.36. The number of ether oxygens (including phenoxy) is 3. The fraction of sp³-hybridized carbons (Fsp3) is 0.160. The number of halogens is 1. The third-order valence-corrected chi connectivity index (χ3v) is 5.83. The number of thiazole rings is 1. The average Bonchev–Trinajstić information content (AvgIpc) is 3.49. The van der Waals surface area contributed by atoms with Crippen molar-refractivity contribution in [3.63, 3.8) is 0 Å². The minimum absolute atomic E-state index is 0.309. The summed E-state index contributed by atoms with van der Waals surface area (Å²) in [5.74, 6) is 1.26. The number of carbonyl (C=O) groups is 1. The number of benzene rings is 2. The van der Waals surface area contributed by atoms with Crippen LogP contribution in [0, 0.1) is 12.7 Å². The lowest BCUT2D eigenvalue weighted by molar-refractivity contribution is -0.111. The molecule has 0 atom stereocenters. The molecule has 2 heterocycles. The molecule has 1 amide bonds. The molecule has 0 unspecified atom stereocenters. The van der Waals surface area contributed by atoms with E-state index in [1.807, 2.05) is 12.3 Å². The second-order valence-electron chi connectivity index (χ2n) is 7.39. The standard InChI is InChI=1S/C25H23FN4O4S/c1-15-11-22(30(29-15)25-27-19(14-35-25)17-6-8-18(26)9-7-17)28-23(31)10-5-16-12-20(32-2)24(34-4)21(13-16)33-3/h5-14H,1-4H3,(H,28,31)/b10-5+. The van der Waals surface area contributed by atoms with Gasteiger partial charge in [0.05, 0.1) is 32.7 Å². The topological polar surface area (TPSA) is 87.5 Å². The highest BCUT2D eigenvalue weighted by molar-refractivity contribution is 7.12. The first-order valence-electron chi connectivity index (χ1n) is 10.5. The molecule has 2 aromatic heterocycles. The molecule has 0 fully saturated rings. The van der Waals surface area contributed by atoms with Crippen molar-refractivity contribution in [2.24, 2.45) is 0 Å². The summed E-state index contributed by atoms with van der Waals surface area (Å²) in [5.41, 5.74) is 2.89. The van der Waals surface area contributed by atoms with E-state index in [-0.39, 0.29) is 11.7 Å². The zero-order chi connectivity index (χ0) is 24.9. The number of rotatable bonds is 8. The van der Waals surface area contributed by atoms with E-state index in [0.29, 0.717) is 45.1 Å². The summed E-state index contributed by atoms with van der Waals surface area (Å²) < 4.78 is 30.8. The molecule has 4 rings (SSSR count). The second kappa shape index (κ2) is 10.4. The van der Waals surface area contributed by atoms with Gasteiger partial charge in [-0.1, -0.05) is 0 Å². The quantitative estimate of drug-likeness (QED) is 0.342. The van der Waals surface area contributed by atoms with E-state index in [1.54, 1.807) is 41.1 Å². The van der Waals surface area contributed by atoms with Crippen LogP contribution in [-0.4, -0.2) is 42.0 Å². The molecule has 0 radical (unpaired) electrons. The monoisotopic (exact) mass is 494 g/mol. The lowest BCUT2D eigenvalue weighted by Gasteiger charge is -2.12. The zero-order valence-corrected chi connectivity index (χ0v) is 20.4. The van der Waals surface area contributed by atoms with Crippen LogP contribution in [0.15, 0.2) is 53.9 Å². The van der Waals surface area contributed by atoms with Gasteiger partial charge in [-0.2, -0.15) is 9.78 Å². The maximum absolute atomic E-state index is 13.2. The first-order valence-corrected chi connectivity index (χ1v) is 11.4. The highest BCUT2D eigenvalue weighted by Gasteiger charge is 2.15. The lowest BCUT2D eigenvalue weighted by Crippen LogP contribution is -2.12. The number of anilines is 1. The van der Waals surface area contributed by atoms with Crippen LogP contribution in [-0.2, 0) is 4.79 Å². The Morgan fingerprint density at radius 1 is 1.06 bits per heavy atom. The predicted molar refractivity (Wildman–Crippen MR) is 133 cm³/mol. The lowest BCUT2D eigenvalue weighted by atomic mass is 10.1. The van der Waals surface area contributed by atoms with Crippen molar-refractivity contribution < 1.29 is 23.4 Å². The van der Waals surface area contributed by atoms with Gasteiger partial charge in [-0.25, -0.2) is 9.37 Å². The molecule has 8 nitrogen and oxygen atoms in total. The Kier molecular flexibility index (Phi) is 7.11. The Labute approximate surface area is 205 Å². The second-order valence-corrected chi connectivity index (χ2v) is 8.22. The average molecular weight is 495 g/mol. The van der Waals surface area contributed by atoms with Crippen molar-refractivity contribution in [1.29, 1.82) is 0 Å². The Morgan fingerprint density at radius 2 is 1.74 bits per heavy atom. The molecule has 10 heteroatoms. The fourth-order valence-corrected chi connectivity index (χ4v) is 4.18. The van der Waals surface area contributed by atoms with Crippen molar-refractivity contribution in [3.8, 4) is 33.6 Å². The van der Waals surface area contributed by atoms with Crippen LogP contribution in [0.3, 0.4) is 0 Å². The molecule has 0 saturated heterocycles. The number of carbonyl (C=O) groups excluding carboxylic acids is 1. The SMILES string of the molecule is COc1cc(/C=C/C(=O)Nc2cc(C)nn2-c2nc(-c3ccc(F)cc3)cs2)cc(OC)c1OC. The number of aryl methyl sites for hydroxylation is 1. The predicted octanol–water partition coefficient (Wildman–Crippen LogP) is 5.12. The molecule has 4 aromatic rings. The van der Waals surface area contributed by atoms with Crippen LogP contribution < -0.4 is 19.5 Å². The van der Waals surface area contributed by atoms with Gasteiger partial charge in [0.15, 0.2) is 11.5 Å². The first-order chi connectivity index (χ1) is 16.9. The minimum atomic E-state index is -0.352. The first kappa shape index (κ1) is 24.0. The van der Waals surface area contributed by atoms with E-state index in [0.717, 1.165) is 5.56 Å². The number of nitrogens with one attached hydrogen (secondary N) is 1. The van der Waals surface area contributed by atoms with Crippen LogP contribution >= 0.6 is 11.3 Å². The van der Waals surface area contributed by atoms with Crippen molar-refractivity contribution in [3.05, 3.63) is 71.0 Å². The van der Waals surface area contributed by atoms with E-state index < -0.39 is 0 Å². The summed E-state index contributed by atoms with van der Waals surface area (Å²) in [6.07, 6.45) is 3.04. The van der Waals surface area contributed by atoms with E-state index in [4.69, 9.17) is 14.2 Å². The number of hydrogen-bond acceptors (Lipinski definition) is 7. The van der Waals surface area contributed by atoms with Gasteiger partial charge in [-0.15, -0.1) is 11.3 Å². The third-order valence-electron chi connectivity index (χ3n) is 5.01. The maximum atomic E-state index is 13.2. The van der Waals surface area contributed by atoms with Gasteiger partial charge >= 0.3 is 0 Å².